The Morgan fingerprint density at radius 1 is 1.20 bits per heavy atom. The highest BCUT2D eigenvalue weighted by Crippen LogP contribution is 2.31. The molecule has 9 heteroatoms. The molecule has 1 aromatic rings. The fourth-order valence-corrected chi connectivity index (χ4v) is 1.89. The molecule has 114 valence electrons. The number of rotatable bonds is 6. The van der Waals surface area contributed by atoms with Crippen LogP contribution in [0.5, 0.6) is 0 Å². The zero-order valence-electron chi connectivity index (χ0n) is 11.1. The van der Waals surface area contributed by atoms with Gasteiger partial charge in [-0.3, -0.25) is 0 Å². The number of halogens is 3. The quantitative estimate of drug-likeness (QED) is 0.841. The van der Waals surface area contributed by atoms with Gasteiger partial charge in [-0.25, -0.2) is 13.4 Å². The molecule has 1 aromatic heterocycles. The maximum atomic E-state index is 12.7. The van der Waals surface area contributed by atoms with E-state index in [1.54, 1.807) is 6.92 Å². The molecule has 0 radical (unpaired) electrons. The van der Waals surface area contributed by atoms with Crippen molar-refractivity contribution in [2.75, 3.05) is 35.7 Å². The highest BCUT2D eigenvalue weighted by Gasteiger charge is 2.31. The van der Waals surface area contributed by atoms with Gasteiger partial charge in [-0.1, -0.05) is 0 Å². The molecule has 0 aromatic carbocycles. The standard InChI is InChI=1S/C11H16F3N3O2S/c1-3-15-9-6-8(11(12,13)14)7-10(17-9)16-4-5-20(2,18)19/h6-7H,3-5H2,1-2H3,(H2,15,16,17). The number of hydrogen-bond donors (Lipinski definition) is 2. The lowest BCUT2D eigenvalue weighted by Crippen LogP contribution is -2.16. The Bertz CT molecular complexity index is 559. The van der Waals surface area contributed by atoms with Gasteiger partial charge < -0.3 is 10.6 Å². The fourth-order valence-electron chi connectivity index (χ4n) is 1.42. The summed E-state index contributed by atoms with van der Waals surface area (Å²) in [6.45, 7) is 2.16. The van der Waals surface area contributed by atoms with Crippen LogP contribution in [0.4, 0.5) is 24.8 Å². The molecule has 1 rings (SSSR count). The topological polar surface area (TPSA) is 71.1 Å². The van der Waals surface area contributed by atoms with Gasteiger partial charge in [-0.15, -0.1) is 0 Å². The van der Waals surface area contributed by atoms with Gasteiger partial charge in [0.05, 0.1) is 11.3 Å². The van der Waals surface area contributed by atoms with Crippen LogP contribution in [-0.2, 0) is 16.0 Å². The smallest absolute Gasteiger partial charge is 0.370 e. The summed E-state index contributed by atoms with van der Waals surface area (Å²) in [5, 5.41) is 5.28. The largest absolute Gasteiger partial charge is 0.416 e. The van der Waals surface area contributed by atoms with Crippen LogP contribution in [0.25, 0.3) is 0 Å². The number of aromatic nitrogens is 1. The second-order valence-corrected chi connectivity index (χ2v) is 6.47. The molecule has 0 amide bonds. The Morgan fingerprint density at radius 3 is 2.20 bits per heavy atom. The minimum atomic E-state index is -4.49. The molecule has 0 fully saturated rings. The van der Waals surface area contributed by atoms with Gasteiger partial charge in [0.15, 0.2) is 0 Å². The second-order valence-electron chi connectivity index (χ2n) is 4.21. The first-order valence-corrected chi connectivity index (χ1v) is 7.92. The summed E-state index contributed by atoms with van der Waals surface area (Å²) in [4.78, 5) is 3.94. The monoisotopic (exact) mass is 311 g/mol. The first-order chi connectivity index (χ1) is 9.12. The van der Waals surface area contributed by atoms with E-state index in [1.165, 1.54) is 0 Å². The molecule has 0 spiro atoms. The summed E-state index contributed by atoms with van der Waals surface area (Å²) in [7, 11) is -3.18. The van der Waals surface area contributed by atoms with Crippen molar-refractivity contribution in [3.05, 3.63) is 17.7 Å². The summed E-state index contributed by atoms with van der Waals surface area (Å²) in [5.74, 6) is -0.106. The Kier molecular flexibility index (Phi) is 5.21. The molecule has 0 saturated carbocycles. The van der Waals surface area contributed by atoms with Crippen molar-refractivity contribution in [1.82, 2.24) is 4.98 Å². The molecule has 5 nitrogen and oxygen atoms in total. The third-order valence-electron chi connectivity index (χ3n) is 2.29. The van der Waals surface area contributed by atoms with Crippen LogP contribution in [0.1, 0.15) is 12.5 Å². The van der Waals surface area contributed by atoms with E-state index in [0.717, 1.165) is 18.4 Å². The molecule has 0 saturated heterocycles. The Labute approximate surface area is 115 Å². The first kappa shape index (κ1) is 16.5. The van der Waals surface area contributed by atoms with Crippen molar-refractivity contribution in [2.45, 2.75) is 13.1 Å². The molecule has 0 unspecified atom stereocenters. The van der Waals surface area contributed by atoms with Gasteiger partial charge in [0.2, 0.25) is 0 Å². The Morgan fingerprint density at radius 2 is 1.75 bits per heavy atom. The van der Waals surface area contributed by atoms with Crippen molar-refractivity contribution in [3.63, 3.8) is 0 Å². The van der Waals surface area contributed by atoms with E-state index in [0.29, 0.717) is 6.54 Å². The van der Waals surface area contributed by atoms with Crippen LogP contribution in [0.2, 0.25) is 0 Å². The second kappa shape index (κ2) is 6.29. The summed E-state index contributed by atoms with van der Waals surface area (Å²) in [6.07, 6.45) is -3.43. The Hall–Kier alpha value is -1.51. The number of pyridine rings is 1. The molecule has 0 bridgehead atoms. The minimum Gasteiger partial charge on any atom is -0.370 e. The van der Waals surface area contributed by atoms with Crippen LogP contribution >= 0.6 is 0 Å². The fraction of sp³-hybridized carbons (Fsp3) is 0.545. The predicted molar refractivity (Wildman–Crippen MR) is 71.6 cm³/mol. The van der Waals surface area contributed by atoms with Gasteiger partial charge in [-0.05, 0) is 19.1 Å². The van der Waals surface area contributed by atoms with Crippen LogP contribution in [0, 0.1) is 0 Å². The van der Waals surface area contributed by atoms with E-state index in [2.05, 4.69) is 15.6 Å². The summed E-state index contributed by atoms with van der Waals surface area (Å²) >= 11 is 0. The van der Waals surface area contributed by atoms with Gasteiger partial charge in [0.25, 0.3) is 0 Å². The van der Waals surface area contributed by atoms with Gasteiger partial charge >= 0.3 is 6.18 Å². The molecule has 0 atom stereocenters. The molecule has 0 aliphatic carbocycles. The zero-order valence-corrected chi connectivity index (χ0v) is 11.9. The number of nitrogens with one attached hydrogen (secondary N) is 2. The van der Waals surface area contributed by atoms with E-state index in [1.807, 2.05) is 0 Å². The molecule has 1 heterocycles. The van der Waals surface area contributed by atoms with Crippen LogP contribution in [0.3, 0.4) is 0 Å². The van der Waals surface area contributed by atoms with E-state index >= 15 is 0 Å². The van der Waals surface area contributed by atoms with Crippen LogP contribution < -0.4 is 10.6 Å². The number of alkyl halides is 3. The summed E-state index contributed by atoms with van der Waals surface area (Å²) in [5.41, 5.74) is -0.842. The third kappa shape index (κ3) is 5.64. The summed E-state index contributed by atoms with van der Waals surface area (Å²) in [6, 6.07) is 1.76. The van der Waals surface area contributed by atoms with E-state index in [4.69, 9.17) is 0 Å². The van der Waals surface area contributed by atoms with Crippen molar-refractivity contribution in [1.29, 1.82) is 0 Å². The van der Waals surface area contributed by atoms with E-state index in [9.17, 15) is 21.6 Å². The number of anilines is 2. The molecular formula is C11H16F3N3O2S. The van der Waals surface area contributed by atoms with E-state index in [-0.39, 0.29) is 23.9 Å². The Balaban J connectivity index is 2.91. The molecule has 2 N–H and O–H groups in total. The highest BCUT2D eigenvalue weighted by atomic mass is 32.2. The van der Waals surface area contributed by atoms with Crippen LogP contribution in [-0.4, -0.2) is 38.5 Å². The van der Waals surface area contributed by atoms with Gasteiger partial charge in [0, 0.05) is 19.3 Å². The number of nitrogens with zero attached hydrogens (tertiary/aromatic N) is 1. The third-order valence-corrected chi connectivity index (χ3v) is 3.24. The van der Waals surface area contributed by atoms with E-state index < -0.39 is 21.6 Å². The lowest BCUT2D eigenvalue weighted by molar-refractivity contribution is -0.137. The highest BCUT2D eigenvalue weighted by molar-refractivity contribution is 7.90. The predicted octanol–water partition coefficient (Wildman–Crippen LogP) is 1.99. The number of sulfone groups is 1. The minimum absolute atomic E-state index is 0.00128. The molecule has 0 aliphatic rings. The molecule has 0 aliphatic heterocycles. The maximum absolute atomic E-state index is 12.7. The van der Waals surface area contributed by atoms with Crippen molar-refractivity contribution in [2.24, 2.45) is 0 Å². The lowest BCUT2D eigenvalue weighted by atomic mass is 10.2. The van der Waals surface area contributed by atoms with Crippen molar-refractivity contribution in [3.8, 4) is 0 Å². The average molecular weight is 311 g/mol. The average Bonchev–Trinajstić information content (AvgIpc) is 2.26. The normalized spacial score (nSPS) is 12.2. The maximum Gasteiger partial charge on any atom is 0.416 e. The van der Waals surface area contributed by atoms with Crippen molar-refractivity contribution >= 4 is 21.5 Å². The SMILES string of the molecule is CCNc1cc(C(F)(F)F)cc(NCCS(C)(=O)=O)n1. The zero-order chi connectivity index (χ0) is 15.4. The van der Waals surface area contributed by atoms with Crippen LogP contribution in [0.15, 0.2) is 12.1 Å². The number of hydrogen-bond acceptors (Lipinski definition) is 5. The molecule has 20 heavy (non-hydrogen) atoms. The van der Waals surface area contributed by atoms with Crippen molar-refractivity contribution < 1.29 is 21.6 Å². The summed E-state index contributed by atoms with van der Waals surface area (Å²) < 4.78 is 60.1. The lowest BCUT2D eigenvalue weighted by Gasteiger charge is -2.13. The van der Waals surface area contributed by atoms with Gasteiger partial charge in [-0.2, -0.15) is 13.2 Å². The van der Waals surface area contributed by atoms with Gasteiger partial charge in [0.1, 0.15) is 21.5 Å². The molecular weight excluding hydrogens is 295 g/mol. The first-order valence-electron chi connectivity index (χ1n) is 5.86.